The number of carbonyl (C=O) groups is 2. The Bertz CT molecular complexity index is 726. The predicted molar refractivity (Wildman–Crippen MR) is 89.8 cm³/mol. The van der Waals surface area contributed by atoms with Gasteiger partial charge in [-0.3, -0.25) is 9.59 Å². The minimum absolute atomic E-state index is 0.153. The number of anilines is 1. The van der Waals surface area contributed by atoms with E-state index in [1.807, 2.05) is 18.2 Å². The lowest BCUT2D eigenvalue weighted by Gasteiger charge is -2.25. The molecule has 6 heteroatoms. The van der Waals surface area contributed by atoms with Crippen molar-refractivity contribution < 1.29 is 14.3 Å². The molecule has 23 heavy (non-hydrogen) atoms. The molecule has 1 aliphatic heterocycles. The maximum atomic E-state index is 12.3. The summed E-state index contributed by atoms with van der Waals surface area (Å²) >= 11 is 1.34. The molecule has 0 saturated carbocycles. The smallest absolute Gasteiger partial charge is 0.254 e. The number of thiophene rings is 1. The zero-order valence-corrected chi connectivity index (χ0v) is 13.6. The summed E-state index contributed by atoms with van der Waals surface area (Å²) in [6.07, 6.45) is 0.880. The highest BCUT2D eigenvalue weighted by molar-refractivity contribution is 7.14. The molecular weight excluding hydrogens is 312 g/mol. The van der Waals surface area contributed by atoms with Gasteiger partial charge in [0, 0.05) is 7.05 Å². The lowest BCUT2D eigenvalue weighted by molar-refractivity contribution is -0.119. The van der Waals surface area contributed by atoms with Crippen LogP contribution >= 0.6 is 11.3 Å². The molecular formula is C17H18N2O3S. The van der Waals surface area contributed by atoms with Crippen molar-refractivity contribution in [3.8, 4) is 0 Å². The van der Waals surface area contributed by atoms with Crippen molar-refractivity contribution in [2.45, 2.75) is 18.9 Å². The molecule has 2 aromatic rings. The number of hydrogen-bond acceptors (Lipinski definition) is 4. The minimum Gasteiger partial charge on any atom is -0.373 e. The van der Waals surface area contributed by atoms with E-state index in [4.69, 9.17) is 4.74 Å². The highest BCUT2D eigenvalue weighted by Gasteiger charge is 2.24. The maximum Gasteiger partial charge on any atom is 0.254 e. The van der Waals surface area contributed by atoms with Gasteiger partial charge in [0.15, 0.2) is 0 Å². The van der Waals surface area contributed by atoms with Gasteiger partial charge in [0.05, 0.1) is 24.7 Å². The van der Waals surface area contributed by atoms with Crippen molar-refractivity contribution in [3.63, 3.8) is 0 Å². The Balaban J connectivity index is 1.69. The third-order valence-corrected chi connectivity index (χ3v) is 4.68. The minimum atomic E-state index is -0.233. The Hall–Kier alpha value is -2.18. The van der Waals surface area contributed by atoms with E-state index in [2.05, 4.69) is 16.7 Å². The number of ether oxygens (including phenoxy) is 1. The second-order valence-corrected chi connectivity index (χ2v) is 6.22. The molecule has 0 radical (unpaired) electrons. The van der Waals surface area contributed by atoms with E-state index in [9.17, 15) is 9.59 Å². The van der Waals surface area contributed by atoms with Gasteiger partial charge in [0.25, 0.3) is 5.91 Å². The van der Waals surface area contributed by atoms with E-state index < -0.39 is 0 Å². The van der Waals surface area contributed by atoms with Crippen LogP contribution in [0.1, 0.15) is 34.0 Å². The summed E-state index contributed by atoms with van der Waals surface area (Å²) in [6, 6.07) is 9.74. The van der Waals surface area contributed by atoms with Crippen LogP contribution < -0.4 is 10.6 Å². The summed E-state index contributed by atoms with van der Waals surface area (Å²) in [5, 5.41) is 7.74. The van der Waals surface area contributed by atoms with Crippen LogP contribution in [0.3, 0.4) is 0 Å². The average Bonchev–Trinajstić information content (AvgIpc) is 3.02. The van der Waals surface area contributed by atoms with Crippen molar-refractivity contribution in [2.24, 2.45) is 0 Å². The summed E-state index contributed by atoms with van der Waals surface area (Å²) < 4.78 is 5.76. The number of benzene rings is 1. The molecule has 2 amide bonds. The molecule has 5 nitrogen and oxygen atoms in total. The first-order chi connectivity index (χ1) is 11.2. The molecule has 0 aliphatic carbocycles. The molecule has 0 bridgehead atoms. The van der Waals surface area contributed by atoms with Crippen LogP contribution in [0.2, 0.25) is 0 Å². The molecule has 3 rings (SSSR count). The average molecular weight is 330 g/mol. The van der Waals surface area contributed by atoms with Gasteiger partial charge in [0.1, 0.15) is 5.00 Å². The Morgan fingerprint density at radius 1 is 1.30 bits per heavy atom. The number of carbonyl (C=O) groups excluding carboxylic acids is 2. The third kappa shape index (κ3) is 3.43. The van der Waals surface area contributed by atoms with Gasteiger partial charge in [0.2, 0.25) is 5.91 Å². The summed E-state index contributed by atoms with van der Waals surface area (Å²) in [5.74, 6) is -0.361. The van der Waals surface area contributed by atoms with E-state index in [1.54, 1.807) is 18.5 Å². The van der Waals surface area contributed by atoms with E-state index in [-0.39, 0.29) is 24.3 Å². The van der Waals surface area contributed by atoms with Gasteiger partial charge in [-0.25, -0.2) is 0 Å². The molecule has 1 aliphatic rings. The van der Waals surface area contributed by atoms with Crippen molar-refractivity contribution in [1.82, 2.24) is 5.32 Å². The monoisotopic (exact) mass is 330 g/mol. The molecule has 2 heterocycles. The first-order valence-electron chi connectivity index (χ1n) is 7.48. The zero-order chi connectivity index (χ0) is 16.2. The van der Waals surface area contributed by atoms with Crippen LogP contribution in [0.15, 0.2) is 35.7 Å². The predicted octanol–water partition coefficient (Wildman–Crippen LogP) is 2.75. The molecule has 0 spiro atoms. The number of hydrogen-bond donors (Lipinski definition) is 2. The van der Waals surface area contributed by atoms with Gasteiger partial charge in [-0.2, -0.15) is 0 Å². The van der Waals surface area contributed by atoms with E-state index in [1.165, 1.54) is 16.9 Å². The third-order valence-electron chi connectivity index (χ3n) is 3.85. The normalized spacial score (nSPS) is 16.5. The Labute approximate surface area is 138 Å². The number of rotatable bonds is 4. The molecule has 0 fully saturated rings. The lowest BCUT2D eigenvalue weighted by atomic mass is 9.95. The van der Waals surface area contributed by atoms with Crippen LogP contribution in [0.4, 0.5) is 5.00 Å². The fraction of sp³-hybridized carbons (Fsp3) is 0.294. The van der Waals surface area contributed by atoms with Gasteiger partial charge in [-0.15, -0.1) is 11.3 Å². The summed E-state index contributed by atoms with van der Waals surface area (Å²) in [5.41, 5.74) is 2.79. The number of amides is 2. The Kier molecular flexibility index (Phi) is 4.73. The van der Waals surface area contributed by atoms with Gasteiger partial charge >= 0.3 is 0 Å². The van der Waals surface area contributed by atoms with Crippen molar-refractivity contribution >= 4 is 28.2 Å². The van der Waals surface area contributed by atoms with E-state index in [0.29, 0.717) is 17.2 Å². The first kappa shape index (κ1) is 15.7. The number of nitrogens with one attached hydrogen (secondary N) is 2. The van der Waals surface area contributed by atoms with Gasteiger partial charge < -0.3 is 15.4 Å². The fourth-order valence-corrected chi connectivity index (χ4v) is 3.51. The molecule has 2 N–H and O–H groups in total. The second-order valence-electron chi connectivity index (χ2n) is 5.30. The highest BCUT2D eigenvalue weighted by Crippen LogP contribution is 2.30. The van der Waals surface area contributed by atoms with Crippen molar-refractivity contribution in [3.05, 3.63) is 52.4 Å². The standard InChI is InChI=1S/C17H18N2O3S/c1-18-16(21)13-7-9-23-17(13)19-15(20)10-14-12-5-3-2-4-11(12)6-8-22-14/h2-5,7,9,14H,6,8,10H2,1H3,(H,18,21)(H,19,20). The fourth-order valence-electron chi connectivity index (χ4n) is 2.71. The number of fused-ring (bicyclic) bond motifs is 1. The van der Waals surface area contributed by atoms with Crippen LogP contribution in [-0.4, -0.2) is 25.5 Å². The molecule has 0 saturated heterocycles. The molecule has 1 aromatic carbocycles. The van der Waals surface area contributed by atoms with E-state index >= 15 is 0 Å². The lowest BCUT2D eigenvalue weighted by Crippen LogP contribution is -2.23. The van der Waals surface area contributed by atoms with E-state index in [0.717, 1.165) is 12.0 Å². The van der Waals surface area contributed by atoms with Crippen molar-refractivity contribution in [1.29, 1.82) is 0 Å². The Morgan fingerprint density at radius 3 is 2.96 bits per heavy atom. The second kappa shape index (κ2) is 6.93. The summed E-state index contributed by atoms with van der Waals surface area (Å²) in [4.78, 5) is 24.1. The largest absolute Gasteiger partial charge is 0.373 e. The highest BCUT2D eigenvalue weighted by atomic mass is 32.1. The first-order valence-corrected chi connectivity index (χ1v) is 8.36. The Morgan fingerprint density at radius 2 is 2.13 bits per heavy atom. The van der Waals surface area contributed by atoms with Crippen LogP contribution in [0.25, 0.3) is 0 Å². The van der Waals surface area contributed by atoms with Crippen LogP contribution in [-0.2, 0) is 16.0 Å². The SMILES string of the molecule is CNC(=O)c1ccsc1NC(=O)CC1OCCc2ccccc21. The van der Waals surface area contributed by atoms with Crippen LogP contribution in [0.5, 0.6) is 0 Å². The maximum absolute atomic E-state index is 12.3. The molecule has 1 unspecified atom stereocenters. The quantitative estimate of drug-likeness (QED) is 0.906. The van der Waals surface area contributed by atoms with Gasteiger partial charge in [-0.05, 0) is 29.0 Å². The molecule has 1 aromatic heterocycles. The zero-order valence-electron chi connectivity index (χ0n) is 12.8. The summed E-state index contributed by atoms with van der Waals surface area (Å²) in [7, 11) is 1.57. The molecule has 1 atom stereocenters. The van der Waals surface area contributed by atoms with Gasteiger partial charge in [-0.1, -0.05) is 24.3 Å². The molecule has 120 valence electrons. The summed E-state index contributed by atoms with van der Waals surface area (Å²) in [6.45, 7) is 0.622. The van der Waals surface area contributed by atoms with Crippen LogP contribution in [0, 0.1) is 0 Å². The topological polar surface area (TPSA) is 67.4 Å². The van der Waals surface area contributed by atoms with Crippen molar-refractivity contribution in [2.75, 3.05) is 19.0 Å².